The first-order valence-electron chi connectivity index (χ1n) is 8.88. The maximum atomic E-state index is 4.76. The van der Waals surface area contributed by atoms with Gasteiger partial charge in [0.1, 0.15) is 12.1 Å². The number of anilines is 2. The highest BCUT2D eigenvalue weighted by molar-refractivity contribution is 5.83. The van der Waals surface area contributed by atoms with E-state index < -0.39 is 0 Å². The Kier molecular flexibility index (Phi) is 3.70. The Hall–Kier alpha value is -3.49. The molecule has 0 aromatic carbocycles. The summed E-state index contributed by atoms with van der Waals surface area (Å²) in [4.78, 5) is 22.6. The third-order valence-corrected chi connectivity index (χ3v) is 4.84. The van der Waals surface area contributed by atoms with E-state index in [2.05, 4.69) is 29.9 Å². The predicted octanol–water partition coefficient (Wildman–Crippen LogP) is 1.27. The fraction of sp³-hybridized carbons (Fsp3) is 0.278. The summed E-state index contributed by atoms with van der Waals surface area (Å²) in [5.74, 6) is 2.69. The van der Waals surface area contributed by atoms with Gasteiger partial charge in [0.2, 0.25) is 0 Å². The van der Waals surface area contributed by atoms with E-state index in [1.807, 2.05) is 42.1 Å². The quantitative estimate of drug-likeness (QED) is 0.543. The SMILES string of the molecule is Cn1cnc2c(N3CCN(c4cccc(-n5cccn5)n4)CC3)ncnc21. The van der Waals surface area contributed by atoms with Crippen LogP contribution in [-0.2, 0) is 7.05 Å². The fourth-order valence-electron chi connectivity index (χ4n) is 3.43. The van der Waals surface area contributed by atoms with E-state index in [1.54, 1.807) is 23.5 Å². The van der Waals surface area contributed by atoms with Gasteiger partial charge in [-0.3, -0.25) is 0 Å². The molecule has 9 nitrogen and oxygen atoms in total. The second kappa shape index (κ2) is 6.35. The maximum absolute atomic E-state index is 4.76. The molecule has 4 aromatic rings. The molecule has 0 atom stereocenters. The molecule has 4 aromatic heterocycles. The number of pyridine rings is 1. The summed E-state index contributed by atoms with van der Waals surface area (Å²) in [7, 11) is 1.95. The molecule has 1 aliphatic heterocycles. The number of imidazole rings is 1. The van der Waals surface area contributed by atoms with Gasteiger partial charge >= 0.3 is 0 Å². The van der Waals surface area contributed by atoms with E-state index in [-0.39, 0.29) is 0 Å². The third kappa shape index (κ3) is 2.77. The summed E-state index contributed by atoms with van der Waals surface area (Å²) in [5.41, 5.74) is 1.71. The number of aromatic nitrogens is 7. The number of fused-ring (bicyclic) bond motifs is 1. The lowest BCUT2D eigenvalue weighted by molar-refractivity contribution is 0.641. The zero-order valence-corrected chi connectivity index (χ0v) is 15.0. The van der Waals surface area contributed by atoms with Gasteiger partial charge in [0.15, 0.2) is 22.8 Å². The zero-order valence-electron chi connectivity index (χ0n) is 15.0. The lowest BCUT2D eigenvalue weighted by Crippen LogP contribution is -2.47. The first-order valence-corrected chi connectivity index (χ1v) is 8.88. The molecule has 136 valence electrons. The van der Waals surface area contributed by atoms with Gasteiger partial charge in [-0.1, -0.05) is 6.07 Å². The molecule has 1 fully saturated rings. The number of nitrogens with zero attached hydrogens (tertiary/aromatic N) is 9. The standard InChI is InChI=1S/C18H19N9/c1-24-13-21-16-17(24)19-12-20-18(16)26-10-8-25(9-11-26)14-4-2-5-15(23-14)27-7-3-6-22-27/h2-7,12-13H,8-11H2,1H3. The van der Waals surface area contributed by atoms with Gasteiger partial charge in [-0.2, -0.15) is 5.10 Å². The number of aryl methyl sites for hydroxylation is 1. The molecule has 27 heavy (non-hydrogen) atoms. The minimum absolute atomic E-state index is 0.825. The normalized spacial score (nSPS) is 14.9. The molecule has 0 spiro atoms. The van der Waals surface area contributed by atoms with Crippen molar-refractivity contribution >= 4 is 22.8 Å². The van der Waals surface area contributed by atoms with Crippen LogP contribution in [0.5, 0.6) is 0 Å². The number of hydrogen-bond donors (Lipinski definition) is 0. The van der Waals surface area contributed by atoms with Gasteiger partial charge in [0.05, 0.1) is 6.33 Å². The smallest absolute Gasteiger partial charge is 0.165 e. The second-order valence-electron chi connectivity index (χ2n) is 6.50. The highest BCUT2D eigenvalue weighted by Crippen LogP contribution is 2.23. The van der Waals surface area contributed by atoms with Crippen LogP contribution in [0.3, 0.4) is 0 Å². The van der Waals surface area contributed by atoms with Gasteiger partial charge in [0, 0.05) is 45.6 Å². The van der Waals surface area contributed by atoms with E-state index in [1.165, 1.54) is 0 Å². The van der Waals surface area contributed by atoms with Crippen molar-refractivity contribution in [3.8, 4) is 5.82 Å². The van der Waals surface area contributed by atoms with Crippen LogP contribution in [0.4, 0.5) is 11.6 Å². The molecule has 1 aliphatic rings. The molecule has 0 aliphatic carbocycles. The van der Waals surface area contributed by atoms with Crippen molar-refractivity contribution in [2.45, 2.75) is 0 Å². The van der Waals surface area contributed by atoms with Crippen molar-refractivity contribution in [2.75, 3.05) is 36.0 Å². The molecule has 5 heterocycles. The van der Waals surface area contributed by atoms with Crippen LogP contribution < -0.4 is 9.80 Å². The lowest BCUT2D eigenvalue weighted by atomic mass is 10.3. The zero-order chi connectivity index (χ0) is 18.2. The van der Waals surface area contributed by atoms with Crippen molar-refractivity contribution in [3.05, 3.63) is 49.3 Å². The molecule has 1 saturated heterocycles. The largest absolute Gasteiger partial charge is 0.353 e. The summed E-state index contributed by atoms with van der Waals surface area (Å²) in [6.07, 6.45) is 7.05. The van der Waals surface area contributed by atoms with Crippen molar-refractivity contribution < 1.29 is 0 Å². The summed E-state index contributed by atoms with van der Waals surface area (Å²) in [6.45, 7) is 3.45. The molecule has 5 rings (SSSR count). The molecule has 0 bridgehead atoms. The molecule has 0 radical (unpaired) electrons. The molecule has 0 N–H and O–H groups in total. The summed E-state index contributed by atoms with van der Waals surface area (Å²) < 4.78 is 3.69. The van der Waals surface area contributed by atoms with E-state index in [0.717, 1.165) is 54.8 Å². The predicted molar refractivity (Wildman–Crippen MR) is 102 cm³/mol. The highest BCUT2D eigenvalue weighted by atomic mass is 15.3. The van der Waals surface area contributed by atoms with Crippen molar-refractivity contribution in [3.63, 3.8) is 0 Å². The molecular formula is C18H19N9. The second-order valence-corrected chi connectivity index (χ2v) is 6.50. The van der Waals surface area contributed by atoms with E-state index in [4.69, 9.17) is 4.98 Å². The Balaban J connectivity index is 1.35. The Morgan fingerprint density at radius 1 is 0.889 bits per heavy atom. The minimum atomic E-state index is 0.825. The van der Waals surface area contributed by atoms with E-state index in [9.17, 15) is 0 Å². The van der Waals surface area contributed by atoms with Crippen molar-refractivity contribution in [1.82, 2.24) is 34.3 Å². The van der Waals surface area contributed by atoms with Gasteiger partial charge in [-0.05, 0) is 18.2 Å². The van der Waals surface area contributed by atoms with E-state index in [0.29, 0.717) is 0 Å². The van der Waals surface area contributed by atoms with Gasteiger partial charge in [0.25, 0.3) is 0 Å². The number of hydrogen-bond acceptors (Lipinski definition) is 7. The van der Waals surface area contributed by atoms with Crippen LogP contribution >= 0.6 is 0 Å². The minimum Gasteiger partial charge on any atom is -0.353 e. The molecule has 0 unspecified atom stereocenters. The van der Waals surface area contributed by atoms with Crippen LogP contribution in [-0.4, -0.2) is 60.5 Å². The van der Waals surface area contributed by atoms with Crippen LogP contribution in [0.15, 0.2) is 49.3 Å². The highest BCUT2D eigenvalue weighted by Gasteiger charge is 2.22. The molecule has 9 heteroatoms. The molecular weight excluding hydrogens is 342 g/mol. The first-order chi connectivity index (χ1) is 13.3. The van der Waals surface area contributed by atoms with Crippen LogP contribution in [0.2, 0.25) is 0 Å². The maximum Gasteiger partial charge on any atom is 0.165 e. The summed E-state index contributed by atoms with van der Waals surface area (Å²) in [6, 6.07) is 7.93. The molecule has 0 amide bonds. The Morgan fingerprint density at radius 3 is 2.52 bits per heavy atom. The van der Waals surface area contributed by atoms with Crippen LogP contribution in [0.1, 0.15) is 0 Å². The van der Waals surface area contributed by atoms with Crippen LogP contribution in [0, 0.1) is 0 Å². The molecule has 0 saturated carbocycles. The van der Waals surface area contributed by atoms with Gasteiger partial charge in [-0.25, -0.2) is 24.6 Å². The Bertz CT molecular complexity index is 1060. The van der Waals surface area contributed by atoms with Gasteiger partial charge < -0.3 is 14.4 Å². The van der Waals surface area contributed by atoms with Crippen LogP contribution in [0.25, 0.3) is 17.0 Å². The van der Waals surface area contributed by atoms with E-state index >= 15 is 0 Å². The third-order valence-electron chi connectivity index (χ3n) is 4.84. The van der Waals surface area contributed by atoms with Crippen molar-refractivity contribution in [2.24, 2.45) is 7.05 Å². The average molecular weight is 361 g/mol. The van der Waals surface area contributed by atoms with Crippen molar-refractivity contribution in [1.29, 1.82) is 0 Å². The Labute approximate surface area is 155 Å². The Morgan fingerprint density at radius 2 is 1.70 bits per heavy atom. The topological polar surface area (TPSA) is 80.8 Å². The first kappa shape index (κ1) is 15.7. The number of rotatable bonds is 3. The number of piperazine rings is 1. The van der Waals surface area contributed by atoms with Gasteiger partial charge in [-0.15, -0.1) is 0 Å². The summed E-state index contributed by atoms with van der Waals surface area (Å²) in [5, 5.41) is 4.26. The monoisotopic (exact) mass is 361 g/mol. The summed E-state index contributed by atoms with van der Waals surface area (Å²) >= 11 is 0. The lowest BCUT2D eigenvalue weighted by Gasteiger charge is -2.36. The fourth-order valence-corrected chi connectivity index (χ4v) is 3.43. The average Bonchev–Trinajstić information content (AvgIpc) is 3.39.